The molecular weight excluding hydrogens is 282 g/mol. The normalized spacial score (nSPS) is 10.3. The van der Waals surface area contributed by atoms with E-state index in [0.717, 1.165) is 5.56 Å². The van der Waals surface area contributed by atoms with Gasteiger partial charge < -0.3 is 5.32 Å². The van der Waals surface area contributed by atoms with Crippen LogP contribution in [-0.4, -0.2) is 15.0 Å². The highest BCUT2D eigenvalue weighted by molar-refractivity contribution is 6.31. The summed E-state index contributed by atoms with van der Waals surface area (Å²) in [6, 6.07) is 7.48. The van der Waals surface area contributed by atoms with Gasteiger partial charge >= 0.3 is 0 Å². The average molecular weight is 290 g/mol. The molecule has 1 heterocycles. The first-order valence-corrected chi connectivity index (χ1v) is 5.83. The van der Waals surface area contributed by atoms with E-state index in [-0.39, 0.29) is 10.6 Å². The van der Waals surface area contributed by atoms with Crippen LogP contribution in [0.25, 0.3) is 0 Å². The lowest BCUT2D eigenvalue weighted by Gasteiger charge is -2.06. The number of nitrogens with one attached hydrogen (secondary N) is 1. The first-order chi connectivity index (χ1) is 8.15. The molecule has 88 valence electrons. The van der Waals surface area contributed by atoms with Gasteiger partial charge in [0, 0.05) is 11.6 Å². The minimum Gasteiger partial charge on any atom is -0.350 e. The molecule has 17 heavy (non-hydrogen) atoms. The van der Waals surface area contributed by atoms with Crippen molar-refractivity contribution in [3.8, 4) is 0 Å². The van der Waals surface area contributed by atoms with Crippen molar-refractivity contribution in [3.63, 3.8) is 0 Å². The Balaban J connectivity index is 2.10. The summed E-state index contributed by atoms with van der Waals surface area (Å²) in [6.07, 6.45) is 0. The smallest absolute Gasteiger partial charge is 0.228 e. The van der Waals surface area contributed by atoms with Crippen LogP contribution in [0.5, 0.6) is 0 Å². The Morgan fingerprint density at radius 3 is 2.24 bits per heavy atom. The number of halogens is 3. The van der Waals surface area contributed by atoms with Crippen LogP contribution < -0.4 is 5.32 Å². The molecule has 0 radical (unpaired) electrons. The Bertz CT molecular complexity index is 512. The molecule has 1 aromatic heterocycles. The number of hydrogen-bond donors (Lipinski definition) is 1. The topological polar surface area (TPSA) is 50.7 Å². The largest absolute Gasteiger partial charge is 0.350 e. The lowest BCUT2D eigenvalue weighted by Crippen LogP contribution is -2.05. The van der Waals surface area contributed by atoms with Crippen LogP contribution in [-0.2, 0) is 6.54 Å². The lowest BCUT2D eigenvalue weighted by atomic mass is 10.2. The summed E-state index contributed by atoms with van der Waals surface area (Å²) in [7, 11) is 0. The molecule has 0 saturated carbocycles. The van der Waals surface area contributed by atoms with Crippen molar-refractivity contribution in [3.05, 3.63) is 45.4 Å². The molecule has 0 spiro atoms. The molecule has 2 aromatic rings. The Hall–Kier alpha value is -1.10. The van der Waals surface area contributed by atoms with Crippen molar-refractivity contribution in [1.82, 2.24) is 15.0 Å². The zero-order valence-electron chi connectivity index (χ0n) is 8.49. The van der Waals surface area contributed by atoms with Crippen molar-refractivity contribution in [2.24, 2.45) is 0 Å². The molecule has 0 aliphatic heterocycles. The maximum atomic E-state index is 6.01. The minimum absolute atomic E-state index is 0.0478. The molecule has 0 amide bonds. The molecule has 1 N–H and O–H groups in total. The fourth-order valence-electron chi connectivity index (χ4n) is 1.22. The van der Waals surface area contributed by atoms with Gasteiger partial charge in [-0.2, -0.15) is 15.0 Å². The predicted octanol–water partition coefficient (Wildman–Crippen LogP) is 3.44. The fraction of sp³-hybridized carbons (Fsp3) is 0.100. The van der Waals surface area contributed by atoms with Crippen LogP contribution in [0.3, 0.4) is 0 Å². The van der Waals surface area contributed by atoms with Crippen molar-refractivity contribution < 1.29 is 0 Å². The van der Waals surface area contributed by atoms with E-state index >= 15 is 0 Å². The Kier molecular flexibility index (Phi) is 3.99. The van der Waals surface area contributed by atoms with Gasteiger partial charge in [-0.1, -0.05) is 29.8 Å². The zero-order chi connectivity index (χ0) is 12.3. The highest BCUT2D eigenvalue weighted by Crippen LogP contribution is 2.16. The highest BCUT2D eigenvalue weighted by Gasteiger charge is 2.04. The monoisotopic (exact) mass is 288 g/mol. The van der Waals surface area contributed by atoms with Gasteiger partial charge in [0.25, 0.3) is 0 Å². The van der Waals surface area contributed by atoms with E-state index in [9.17, 15) is 0 Å². The highest BCUT2D eigenvalue weighted by atomic mass is 35.5. The van der Waals surface area contributed by atoms with Crippen molar-refractivity contribution in [1.29, 1.82) is 0 Å². The van der Waals surface area contributed by atoms with Gasteiger partial charge in [0.15, 0.2) is 0 Å². The van der Waals surface area contributed by atoms with Crippen LogP contribution in [0.1, 0.15) is 5.56 Å². The minimum atomic E-state index is 0.0478. The Labute approximate surface area is 113 Å². The summed E-state index contributed by atoms with van der Waals surface area (Å²) in [5.74, 6) is 0.315. The van der Waals surface area contributed by atoms with E-state index in [1.807, 2.05) is 24.3 Å². The summed E-state index contributed by atoms with van der Waals surface area (Å²) in [5.41, 5.74) is 0.932. The molecule has 0 aliphatic carbocycles. The third-order valence-electron chi connectivity index (χ3n) is 1.98. The molecule has 0 saturated heterocycles. The van der Waals surface area contributed by atoms with Crippen molar-refractivity contribution in [2.45, 2.75) is 6.54 Å². The molecule has 0 aliphatic rings. The first-order valence-electron chi connectivity index (χ1n) is 4.69. The Morgan fingerprint density at radius 2 is 1.59 bits per heavy atom. The number of anilines is 1. The van der Waals surface area contributed by atoms with E-state index < -0.39 is 0 Å². The summed E-state index contributed by atoms with van der Waals surface area (Å²) in [6.45, 7) is 0.482. The van der Waals surface area contributed by atoms with Crippen LogP contribution in [0.15, 0.2) is 24.3 Å². The predicted molar refractivity (Wildman–Crippen MR) is 68.6 cm³/mol. The molecule has 4 nitrogen and oxygen atoms in total. The van der Waals surface area contributed by atoms with Crippen LogP contribution in [0.2, 0.25) is 15.6 Å². The van der Waals surface area contributed by atoms with Gasteiger partial charge in [-0.3, -0.25) is 0 Å². The number of benzene rings is 1. The third kappa shape index (κ3) is 3.43. The number of aromatic nitrogens is 3. The molecule has 0 bridgehead atoms. The maximum Gasteiger partial charge on any atom is 0.228 e. The summed E-state index contributed by atoms with van der Waals surface area (Å²) in [5, 5.41) is 3.74. The van der Waals surface area contributed by atoms with Gasteiger partial charge in [-0.15, -0.1) is 0 Å². The van der Waals surface area contributed by atoms with E-state index in [1.54, 1.807) is 0 Å². The second-order valence-electron chi connectivity index (χ2n) is 3.14. The van der Waals surface area contributed by atoms with Gasteiger partial charge in [0.05, 0.1) is 0 Å². The first kappa shape index (κ1) is 12.4. The SMILES string of the molecule is Clc1nc(Cl)nc(NCc2ccccc2Cl)n1. The number of nitrogens with zero attached hydrogens (tertiary/aromatic N) is 3. The summed E-state index contributed by atoms with van der Waals surface area (Å²) in [4.78, 5) is 11.4. The second kappa shape index (κ2) is 5.49. The van der Waals surface area contributed by atoms with Crippen LogP contribution in [0, 0.1) is 0 Å². The van der Waals surface area contributed by atoms with E-state index in [1.165, 1.54) is 0 Å². The summed E-state index contributed by atoms with van der Waals surface area (Å²) < 4.78 is 0. The lowest BCUT2D eigenvalue weighted by molar-refractivity contribution is 1.00. The third-order valence-corrected chi connectivity index (χ3v) is 2.68. The number of rotatable bonds is 3. The molecule has 0 unspecified atom stereocenters. The molecule has 7 heteroatoms. The van der Waals surface area contributed by atoms with Gasteiger partial charge in [-0.05, 0) is 34.8 Å². The van der Waals surface area contributed by atoms with Gasteiger partial charge in [0.2, 0.25) is 16.5 Å². The molecule has 2 rings (SSSR count). The fourth-order valence-corrected chi connectivity index (χ4v) is 1.79. The average Bonchev–Trinajstić information content (AvgIpc) is 2.27. The van der Waals surface area contributed by atoms with Crippen LogP contribution in [0.4, 0.5) is 5.95 Å². The quantitative estimate of drug-likeness (QED) is 0.940. The molecule has 1 aromatic carbocycles. The maximum absolute atomic E-state index is 6.01. The second-order valence-corrected chi connectivity index (χ2v) is 4.23. The van der Waals surface area contributed by atoms with E-state index in [0.29, 0.717) is 17.5 Å². The molecule has 0 atom stereocenters. The standard InChI is InChI=1S/C10H7Cl3N4/c11-7-4-2-1-3-6(7)5-14-10-16-8(12)15-9(13)17-10/h1-4H,5H2,(H,14,15,16,17). The van der Waals surface area contributed by atoms with E-state index in [2.05, 4.69) is 20.3 Å². The van der Waals surface area contributed by atoms with Crippen LogP contribution >= 0.6 is 34.8 Å². The Morgan fingerprint density at radius 1 is 0.941 bits per heavy atom. The number of hydrogen-bond acceptors (Lipinski definition) is 4. The molecule has 0 fully saturated rings. The molecular formula is C10H7Cl3N4. The van der Waals surface area contributed by atoms with Gasteiger partial charge in [-0.25, -0.2) is 0 Å². The van der Waals surface area contributed by atoms with Gasteiger partial charge in [0.1, 0.15) is 0 Å². The zero-order valence-corrected chi connectivity index (χ0v) is 10.8. The van der Waals surface area contributed by atoms with Crippen molar-refractivity contribution >= 4 is 40.8 Å². The van der Waals surface area contributed by atoms with E-state index in [4.69, 9.17) is 34.8 Å². The summed E-state index contributed by atoms with van der Waals surface area (Å²) >= 11 is 17.3. The van der Waals surface area contributed by atoms with Crippen molar-refractivity contribution in [2.75, 3.05) is 5.32 Å².